The third kappa shape index (κ3) is 4.07. The summed E-state index contributed by atoms with van der Waals surface area (Å²) in [7, 11) is 0. The standard InChI is InChI=1S/C20H15N3.C2H6/c1-2-10-22-19(5-1)20-9-7-16(14-23-20)12-15-6-8-18-17(13-15)4-3-11-21-18;1-2/h1-12,14H,13H2;1-2H3/b15-12-;. The van der Waals surface area contributed by atoms with Crippen molar-refractivity contribution in [2.45, 2.75) is 20.3 Å². The van der Waals surface area contributed by atoms with Gasteiger partial charge in [-0.3, -0.25) is 15.0 Å². The maximum Gasteiger partial charge on any atom is 0.0886 e. The predicted octanol–water partition coefficient (Wildman–Crippen LogP) is 5.22. The van der Waals surface area contributed by atoms with Gasteiger partial charge < -0.3 is 0 Å². The Hall–Kier alpha value is -3.07. The molecule has 0 saturated heterocycles. The third-order valence-electron chi connectivity index (χ3n) is 3.84. The zero-order valence-corrected chi connectivity index (χ0v) is 14.6. The first-order chi connectivity index (χ1) is 12.4. The van der Waals surface area contributed by atoms with Crippen LogP contribution in [0.4, 0.5) is 0 Å². The summed E-state index contributed by atoms with van der Waals surface area (Å²) < 4.78 is 0. The molecule has 3 aromatic rings. The molecule has 1 aliphatic rings. The zero-order chi connectivity index (χ0) is 17.5. The van der Waals surface area contributed by atoms with E-state index in [0.717, 1.165) is 29.1 Å². The largest absolute Gasteiger partial charge is 0.257 e. The number of hydrogen-bond acceptors (Lipinski definition) is 3. The van der Waals surface area contributed by atoms with Crippen LogP contribution >= 0.6 is 0 Å². The average molecular weight is 327 g/mol. The van der Waals surface area contributed by atoms with E-state index < -0.39 is 0 Å². The number of rotatable bonds is 2. The van der Waals surface area contributed by atoms with Gasteiger partial charge in [-0.05, 0) is 59.5 Å². The normalized spacial score (nSPS) is 13.8. The molecule has 0 radical (unpaired) electrons. The van der Waals surface area contributed by atoms with Gasteiger partial charge in [0.15, 0.2) is 0 Å². The van der Waals surface area contributed by atoms with Crippen molar-refractivity contribution in [3.8, 4) is 11.4 Å². The fraction of sp³-hybridized carbons (Fsp3) is 0.136. The summed E-state index contributed by atoms with van der Waals surface area (Å²) in [6.07, 6.45) is 12.8. The smallest absolute Gasteiger partial charge is 0.0886 e. The summed E-state index contributed by atoms with van der Waals surface area (Å²) in [5.41, 5.74) is 6.47. The highest BCUT2D eigenvalue weighted by molar-refractivity contribution is 5.66. The molecule has 0 spiro atoms. The molecule has 0 atom stereocenters. The third-order valence-corrected chi connectivity index (χ3v) is 3.84. The molecule has 3 heteroatoms. The van der Waals surface area contributed by atoms with Crippen molar-refractivity contribution in [2.24, 2.45) is 0 Å². The van der Waals surface area contributed by atoms with Gasteiger partial charge in [0.1, 0.15) is 0 Å². The van der Waals surface area contributed by atoms with Gasteiger partial charge in [0.05, 0.1) is 17.1 Å². The van der Waals surface area contributed by atoms with E-state index in [-0.39, 0.29) is 0 Å². The minimum absolute atomic E-state index is 0.890. The highest BCUT2D eigenvalue weighted by atomic mass is 14.8. The fourth-order valence-corrected chi connectivity index (χ4v) is 2.68. The maximum absolute atomic E-state index is 4.52. The van der Waals surface area contributed by atoms with Gasteiger partial charge >= 0.3 is 0 Å². The Morgan fingerprint density at radius 2 is 1.64 bits per heavy atom. The molecule has 0 unspecified atom stereocenters. The lowest BCUT2D eigenvalue weighted by Gasteiger charge is -2.11. The van der Waals surface area contributed by atoms with Crippen molar-refractivity contribution in [1.29, 1.82) is 0 Å². The SMILES string of the molecule is C1=Cc2ncccc2C/C1=C\c1ccc(-c2ccccn2)nc1.CC. The molecule has 25 heavy (non-hydrogen) atoms. The maximum atomic E-state index is 4.52. The molecule has 3 heterocycles. The van der Waals surface area contributed by atoms with E-state index in [2.05, 4.69) is 45.3 Å². The van der Waals surface area contributed by atoms with E-state index in [1.54, 1.807) is 6.20 Å². The number of allylic oxidation sites excluding steroid dienone is 2. The molecule has 0 N–H and O–H groups in total. The van der Waals surface area contributed by atoms with E-state index in [4.69, 9.17) is 0 Å². The summed E-state index contributed by atoms with van der Waals surface area (Å²) in [4.78, 5) is 13.2. The lowest BCUT2D eigenvalue weighted by atomic mass is 9.96. The lowest BCUT2D eigenvalue weighted by Crippen LogP contribution is -1.99. The molecule has 0 amide bonds. The molecular formula is C22H21N3. The Labute approximate surface area is 148 Å². The van der Waals surface area contributed by atoms with Crippen molar-refractivity contribution in [3.63, 3.8) is 0 Å². The molecule has 0 fully saturated rings. The van der Waals surface area contributed by atoms with Crippen LogP contribution in [0.25, 0.3) is 23.5 Å². The van der Waals surface area contributed by atoms with Gasteiger partial charge in [-0.15, -0.1) is 0 Å². The van der Waals surface area contributed by atoms with Gasteiger partial charge in [0.25, 0.3) is 0 Å². The van der Waals surface area contributed by atoms with Crippen LogP contribution < -0.4 is 0 Å². The van der Waals surface area contributed by atoms with Crippen LogP contribution in [0.5, 0.6) is 0 Å². The minimum atomic E-state index is 0.890. The fourth-order valence-electron chi connectivity index (χ4n) is 2.68. The summed E-state index contributed by atoms with van der Waals surface area (Å²) in [5, 5.41) is 0. The van der Waals surface area contributed by atoms with Crippen LogP contribution in [0.1, 0.15) is 30.7 Å². The predicted molar refractivity (Wildman–Crippen MR) is 104 cm³/mol. The first-order valence-corrected chi connectivity index (χ1v) is 8.58. The van der Waals surface area contributed by atoms with Gasteiger partial charge in [-0.25, -0.2) is 0 Å². The second-order valence-electron chi connectivity index (χ2n) is 5.47. The number of hydrogen-bond donors (Lipinski definition) is 0. The van der Waals surface area contributed by atoms with Crippen LogP contribution in [-0.4, -0.2) is 15.0 Å². The van der Waals surface area contributed by atoms with Gasteiger partial charge in [0.2, 0.25) is 0 Å². The summed E-state index contributed by atoms with van der Waals surface area (Å²) in [6.45, 7) is 4.00. The van der Waals surface area contributed by atoms with E-state index in [0.29, 0.717) is 0 Å². The Morgan fingerprint density at radius 3 is 2.40 bits per heavy atom. The molecule has 0 aliphatic heterocycles. The zero-order valence-electron chi connectivity index (χ0n) is 14.6. The Balaban J connectivity index is 0.000000880. The minimum Gasteiger partial charge on any atom is -0.257 e. The van der Waals surface area contributed by atoms with Crippen LogP contribution in [0, 0.1) is 0 Å². The van der Waals surface area contributed by atoms with Crippen molar-refractivity contribution < 1.29 is 0 Å². The second kappa shape index (κ2) is 8.15. The monoisotopic (exact) mass is 327 g/mol. The van der Waals surface area contributed by atoms with E-state index in [9.17, 15) is 0 Å². The number of fused-ring (bicyclic) bond motifs is 1. The summed E-state index contributed by atoms with van der Waals surface area (Å²) >= 11 is 0. The molecule has 0 saturated carbocycles. The van der Waals surface area contributed by atoms with Gasteiger partial charge in [-0.1, -0.05) is 38.1 Å². The molecule has 124 valence electrons. The summed E-state index contributed by atoms with van der Waals surface area (Å²) in [6, 6.07) is 14.0. The molecule has 0 aromatic carbocycles. The van der Waals surface area contributed by atoms with Crippen molar-refractivity contribution in [1.82, 2.24) is 15.0 Å². The van der Waals surface area contributed by atoms with E-state index in [1.807, 2.05) is 56.6 Å². The van der Waals surface area contributed by atoms with Crippen molar-refractivity contribution in [3.05, 3.63) is 89.5 Å². The lowest BCUT2D eigenvalue weighted by molar-refractivity contribution is 1.12. The van der Waals surface area contributed by atoms with E-state index >= 15 is 0 Å². The second-order valence-corrected chi connectivity index (χ2v) is 5.47. The molecule has 3 aromatic heterocycles. The first-order valence-electron chi connectivity index (χ1n) is 8.58. The highest BCUT2D eigenvalue weighted by Crippen LogP contribution is 2.22. The van der Waals surface area contributed by atoms with Crippen molar-refractivity contribution >= 4 is 12.2 Å². The average Bonchev–Trinajstić information content (AvgIpc) is 2.71. The van der Waals surface area contributed by atoms with Crippen molar-refractivity contribution in [2.75, 3.05) is 0 Å². The molecular weight excluding hydrogens is 306 g/mol. The molecule has 3 nitrogen and oxygen atoms in total. The molecule has 1 aliphatic carbocycles. The molecule has 0 bridgehead atoms. The molecule has 4 rings (SSSR count). The Bertz CT molecular complexity index is 879. The Kier molecular flexibility index (Phi) is 5.47. The first kappa shape index (κ1) is 16.8. The number of aromatic nitrogens is 3. The van der Waals surface area contributed by atoms with Gasteiger partial charge in [-0.2, -0.15) is 0 Å². The van der Waals surface area contributed by atoms with Crippen LogP contribution in [0.2, 0.25) is 0 Å². The number of pyridine rings is 3. The number of nitrogens with zero attached hydrogens (tertiary/aromatic N) is 3. The topological polar surface area (TPSA) is 38.7 Å². The highest BCUT2D eigenvalue weighted by Gasteiger charge is 2.08. The summed E-state index contributed by atoms with van der Waals surface area (Å²) in [5.74, 6) is 0. The quantitative estimate of drug-likeness (QED) is 0.648. The van der Waals surface area contributed by atoms with Crippen LogP contribution in [0.3, 0.4) is 0 Å². The van der Waals surface area contributed by atoms with Gasteiger partial charge in [0, 0.05) is 18.6 Å². The van der Waals surface area contributed by atoms with Crippen LogP contribution in [-0.2, 0) is 6.42 Å². The Morgan fingerprint density at radius 1 is 0.800 bits per heavy atom. The van der Waals surface area contributed by atoms with Crippen LogP contribution in [0.15, 0.2) is 72.7 Å². The van der Waals surface area contributed by atoms with E-state index in [1.165, 1.54) is 11.1 Å².